The van der Waals surface area contributed by atoms with Gasteiger partial charge in [-0.05, 0) is 28.6 Å². The highest BCUT2D eigenvalue weighted by molar-refractivity contribution is 5.62. The Morgan fingerprint density at radius 2 is 2.05 bits per heavy atom. The summed E-state index contributed by atoms with van der Waals surface area (Å²) in [5.41, 5.74) is 7.98. The molecule has 102 valence electrons. The highest BCUT2D eigenvalue weighted by atomic mass is 16.5. The third-order valence-electron chi connectivity index (χ3n) is 2.77. The number of anilines is 2. The molecule has 8 nitrogen and oxygen atoms in total. The molecule has 3 aromatic rings. The van der Waals surface area contributed by atoms with Gasteiger partial charge in [-0.1, -0.05) is 0 Å². The van der Waals surface area contributed by atoms with Gasteiger partial charge in [-0.15, -0.1) is 14.8 Å². The van der Waals surface area contributed by atoms with Crippen LogP contribution >= 0.6 is 0 Å². The predicted molar refractivity (Wildman–Crippen MR) is 73.8 cm³/mol. The van der Waals surface area contributed by atoms with Gasteiger partial charge in [0.15, 0.2) is 11.4 Å². The molecular formula is C12H13N7O. The molecule has 8 heteroatoms. The second-order valence-electron chi connectivity index (χ2n) is 4.42. The molecule has 2 aromatic heterocycles. The maximum Gasteiger partial charge on any atom is 0.239 e. The SMILES string of the molecule is CN(C)c1ccc(N)c(Oc2ccc3nnnn3n2)c1. The lowest BCUT2D eigenvalue weighted by atomic mass is 10.2. The van der Waals surface area contributed by atoms with E-state index in [0.717, 1.165) is 5.69 Å². The Balaban J connectivity index is 1.95. The summed E-state index contributed by atoms with van der Waals surface area (Å²) in [5.74, 6) is 0.906. The summed E-state index contributed by atoms with van der Waals surface area (Å²) >= 11 is 0. The van der Waals surface area contributed by atoms with E-state index < -0.39 is 0 Å². The topological polar surface area (TPSA) is 94.5 Å². The predicted octanol–water partition coefficient (Wildman–Crippen LogP) is 0.960. The van der Waals surface area contributed by atoms with E-state index in [0.29, 0.717) is 23.0 Å². The highest BCUT2D eigenvalue weighted by Gasteiger charge is 2.08. The first kappa shape index (κ1) is 12.2. The Kier molecular flexibility index (Phi) is 2.82. The minimum absolute atomic E-state index is 0.368. The summed E-state index contributed by atoms with van der Waals surface area (Å²) < 4.78 is 6.99. The molecule has 0 aliphatic carbocycles. The second kappa shape index (κ2) is 4.65. The van der Waals surface area contributed by atoms with Crippen molar-refractivity contribution in [2.75, 3.05) is 24.7 Å². The van der Waals surface area contributed by atoms with E-state index in [9.17, 15) is 0 Å². The summed E-state index contributed by atoms with van der Waals surface area (Å²) in [6.07, 6.45) is 0. The van der Waals surface area contributed by atoms with E-state index in [1.165, 1.54) is 4.63 Å². The molecule has 2 N–H and O–H groups in total. The number of rotatable bonds is 3. The third kappa shape index (κ3) is 2.18. The van der Waals surface area contributed by atoms with Crippen molar-refractivity contribution in [3.63, 3.8) is 0 Å². The number of hydrogen-bond acceptors (Lipinski definition) is 7. The lowest BCUT2D eigenvalue weighted by Crippen LogP contribution is -2.09. The molecule has 0 saturated carbocycles. The molecule has 20 heavy (non-hydrogen) atoms. The van der Waals surface area contributed by atoms with Gasteiger partial charge in [0.25, 0.3) is 0 Å². The van der Waals surface area contributed by atoms with Gasteiger partial charge in [0.05, 0.1) is 5.69 Å². The van der Waals surface area contributed by atoms with Crippen LogP contribution in [0.5, 0.6) is 11.6 Å². The normalized spacial score (nSPS) is 10.7. The van der Waals surface area contributed by atoms with Crippen molar-refractivity contribution in [2.45, 2.75) is 0 Å². The highest BCUT2D eigenvalue weighted by Crippen LogP contribution is 2.30. The van der Waals surface area contributed by atoms with E-state index >= 15 is 0 Å². The van der Waals surface area contributed by atoms with E-state index in [4.69, 9.17) is 10.5 Å². The van der Waals surface area contributed by atoms with Gasteiger partial charge in [0.1, 0.15) is 0 Å². The number of nitrogens with two attached hydrogens (primary N) is 1. The number of fused-ring (bicyclic) bond motifs is 1. The Morgan fingerprint density at radius 3 is 2.85 bits per heavy atom. The first-order valence-electron chi connectivity index (χ1n) is 5.93. The van der Waals surface area contributed by atoms with Crippen LogP contribution in [0.3, 0.4) is 0 Å². The summed E-state index contributed by atoms with van der Waals surface area (Å²) in [7, 11) is 3.89. The quantitative estimate of drug-likeness (QED) is 0.709. The van der Waals surface area contributed by atoms with Crippen LogP contribution in [-0.2, 0) is 0 Å². The third-order valence-corrected chi connectivity index (χ3v) is 2.77. The molecule has 0 atom stereocenters. The van der Waals surface area contributed by atoms with Crippen LogP contribution in [0.25, 0.3) is 5.65 Å². The summed E-state index contributed by atoms with van der Waals surface area (Å²) in [4.78, 5) is 1.96. The van der Waals surface area contributed by atoms with Gasteiger partial charge >= 0.3 is 0 Å². The fourth-order valence-electron chi connectivity index (χ4n) is 1.69. The molecule has 1 aromatic carbocycles. The van der Waals surface area contributed by atoms with Gasteiger partial charge in [0, 0.05) is 31.9 Å². The van der Waals surface area contributed by atoms with Crippen LogP contribution in [-0.4, -0.2) is 39.3 Å². The molecule has 3 rings (SSSR count). The monoisotopic (exact) mass is 271 g/mol. The molecule has 0 aliphatic rings. The van der Waals surface area contributed by atoms with Crippen molar-refractivity contribution in [1.82, 2.24) is 25.3 Å². The maximum atomic E-state index is 5.91. The van der Waals surface area contributed by atoms with Gasteiger partial charge in [-0.2, -0.15) is 0 Å². The van der Waals surface area contributed by atoms with E-state index in [1.807, 2.05) is 31.1 Å². The summed E-state index contributed by atoms with van der Waals surface area (Å²) in [5, 5.41) is 15.1. The number of nitrogen functional groups attached to an aromatic ring is 1. The molecule has 0 unspecified atom stereocenters. The van der Waals surface area contributed by atoms with E-state index in [1.54, 1.807) is 18.2 Å². The number of ether oxygens (including phenoxy) is 1. The average molecular weight is 271 g/mol. The van der Waals surface area contributed by atoms with Crippen molar-refractivity contribution in [3.05, 3.63) is 30.3 Å². The minimum Gasteiger partial charge on any atom is -0.435 e. The molecular weight excluding hydrogens is 258 g/mol. The Bertz CT molecular complexity index is 752. The average Bonchev–Trinajstić information content (AvgIpc) is 2.88. The zero-order chi connectivity index (χ0) is 14.1. The van der Waals surface area contributed by atoms with Gasteiger partial charge in [-0.3, -0.25) is 0 Å². The van der Waals surface area contributed by atoms with Crippen molar-refractivity contribution < 1.29 is 4.74 Å². The van der Waals surface area contributed by atoms with E-state index in [2.05, 4.69) is 20.6 Å². The standard InChI is InChI=1S/C12H13N7O/c1-18(2)8-3-4-9(13)10(7-8)20-12-6-5-11-14-16-17-19(11)15-12/h3-7H,13H2,1-2H3. The minimum atomic E-state index is 0.368. The van der Waals surface area contributed by atoms with Gasteiger partial charge < -0.3 is 15.4 Å². The van der Waals surface area contributed by atoms with Crippen LogP contribution < -0.4 is 15.4 Å². The first-order valence-corrected chi connectivity index (χ1v) is 5.93. The zero-order valence-corrected chi connectivity index (χ0v) is 11.1. The molecule has 0 spiro atoms. The number of aromatic nitrogens is 5. The Labute approximate surface area is 114 Å². The number of tetrazole rings is 1. The van der Waals surface area contributed by atoms with Crippen LogP contribution in [0.1, 0.15) is 0 Å². The van der Waals surface area contributed by atoms with Gasteiger partial charge in [0.2, 0.25) is 5.88 Å². The molecule has 0 saturated heterocycles. The zero-order valence-electron chi connectivity index (χ0n) is 11.1. The van der Waals surface area contributed by atoms with Crippen molar-refractivity contribution in [3.8, 4) is 11.6 Å². The molecule has 0 aliphatic heterocycles. The fraction of sp³-hybridized carbons (Fsp3) is 0.167. The smallest absolute Gasteiger partial charge is 0.239 e. The van der Waals surface area contributed by atoms with Crippen LogP contribution in [0, 0.1) is 0 Å². The van der Waals surface area contributed by atoms with Crippen LogP contribution in [0.2, 0.25) is 0 Å². The van der Waals surface area contributed by atoms with Crippen LogP contribution in [0.15, 0.2) is 30.3 Å². The molecule has 0 amide bonds. The molecule has 0 radical (unpaired) electrons. The molecule has 2 heterocycles. The molecule has 0 bridgehead atoms. The number of nitrogens with zero attached hydrogens (tertiary/aromatic N) is 6. The largest absolute Gasteiger partial charge is 0.435 e. The molecule has 0 fully saturated rings. The van der Waals surface area contributed by atoms with Gasteiger partial charge in [-0.25, -0.2) is 0 Å². The van der Waals surface area contributed by atoms with E-state index in [-0.39, 0.29) is 0 Å². The number of benzene rings is 1. The second-order valence-corrected chi connectivity index (χ2v) is 4.42. The lowest BCUT2D eigenvalue weighted by Gasteiger charge is -2.15. The fourth-order valence-corrected chi connectivity index (χ4v) is 1.69. The van der Waals surface area contributed by atoms with Crippen molar-refractivity contribution in [1.29, 1.82) is 0 Å². The van der Waals surface area contributed by atoms with Crippen molar-refractivity contribution >= 4 is 17.0 Å². The maximum absolute atomic E-state index is 5.91. The number of hydrogen-bond donors (Lipinski definition) is 1. The Morgan fingerprint density at radius 1 is 1.20 bits per heavy atom. The Hall–Kier alpha value is -2.90. The van der Waals surface area contributed by atoms with Crippen LogP contribution in [0.4, 0.5) is 11.4 Å². The van der Waals surface area contributed by atoms with Crippen molar-refractivity contribution in [2.24, 2.45) is 0 Å². The summed E-state index contributed by atoms with van der Waals surface area (Å²) in [6.45, 7) is 0. The first-order chi connectivity index (χ1) is 9.63. The summed E-state index contributed by atoms with van der Waals surface area (Å²) in [6, 6.07) is 8.96. The lowest BCUT2D eigenvalue weighted by molar-refractivity contribution is 0.449.